The monoisotopic (exact) mass is 247 g/mol. The van der Waals surface area contributed by atoms with Crippen molar-refractivity contribution < 1.29 is 14.6 Å². The van der Waals surface area contributed by atoms with Crippen molar-refractivity contribution in [1.82, 2.24) is 4.98 Å². The minimum Gasteiger partial charge on any atom is -0.478 e. The highest BCUT2D eigenvalue weighted by Crippen LogP contribution is 2.45. The van der Waals surface area contributed by atoms with E-state index in [0.29, 0.717) is 11.3 Å². The van der Waals surface area contributed by atoms with Crippen LogP contribution in [0.5, 0.6) is 0 Å². The summed E-state index contributed by atoms with van der Waals surface area (Å²) in [5, 5.41) is 9.14. The van der Waals surface area contributed by atoms with Crippen LogP contribution in [-0.2, 0) is 16.6 Å². The molecule has 1 spiro atoms. The molecule has 0 atom stereocenters. The first-order valence-electron chi connectivity index (χ1n) is 6.44. The van der Waals surface area contributed by atoms with E-state index in [2.05, 4.69) is 4.98 Å². The van der Waals surface area contributed by atoms with Crippen LogP contribution in [0.1, 0.15) is 46.6 Å². The van der Waals surface area contributed by atoms with Crippen molar-refractivity contribution >= 4 is 5.97 Å². The Morgan fingerprint density at radius 2 is 2.11 bits per heavy atom. The molecule has 1 aromatic heterocycles. The zero-order valence-corrected chi connectivity index (χ0v) is 10.5. The number of aromatic carboxylic acids is 1. The third-order valence-corrected chi connectivity index (χ3v) is 4.35. The van der Waals surface area contributed by atoms with Crippen LogP contribution in [0.4, 0.5) is 0 Å². The number of pyridine rings is 1. The summed E-state index contributed by atoms with van der Waals surface area (Å²) in [6, 6.07) is 1.82. The van der Waals surface area contributed by atoms with E-state index in [9.17, 15) is 4.79 Å². The molecule has 1 aromatic rings. The number of fused-ring (bicyclic) bond motifs is 2. The number of carbonyl (C=O) groups is 1. The van der Waals surface area contributed by atoms with Crippen LogP contribution in [0.25, 0.3) is 0 Å². The molecule has 0 amide bonds. The lowest BCUT2D eigenvalue weighted by Gasteiger charge is -2.33. The maximum atomic E-state index is 11.1. The molecule has 0 bridgehead atoms. The molecule has 1 fully saturated rings. The van der Waals surface area contributed by atoms with Gasteiger partial charge in [0.15, 0.2) is 0 Å². The Morgan fingerprint density at radius 3 is 2.78 bits per heavy atom. The van der Waals surface area contributed by atoms with Crippen molar-refractivity contribution in [2.45, 2.75) is 38.0 Å². The smallest absolute Gasteiger partial charge is 0.337 e. The predicted molar refractivity (Wildman–Crippen MR) is 66.0 cm³/mol. The second-order valence-electron chi connectivity index (χ2n) is 5.33. The van der Waals surface area contributed by atoms with Gasteiger partial charge in [0.2, 0.25) is 0 Å². The van der Waals surface area contributed by atoms with E-state index in [-0.39, 0.29) is 5.41 Å². The molecule has 0 aromatic carbocycles. The number of ether oxygens (including phenoxy) is 1. The van der Waals surface area contributed by atoms with E-state index in [0.717, 1.165) is 50.2 Å². The first-order chi connectivity index (χ1) is 8.62. The molecule has 0 unspecified atom stereocenters. The van der Waals surface area contributed by atoms with Gasteiger partial charge >= 0.3 is 5.97 Å². The number of nitrogens with zero attached hydrogens (tertiary/aromatic N) is 1. The number of aryl methyl sites for hydroxylation is 2. The molecule has 4 nitrogen and oxygen atoms in total. The van der Waals surface area contributed by atoms with Gasteiger partial charge < -0.3 is 9.84 Å². The van der Waals surface area contributed by atoms with Gasteiger partial charge in [-0.2, -0.15) is 0 Å². The van der Waals surface area contributed by atoms with Gasteiger partial charge in [0.1, 0.15) is 0 Å². The second-order valence-corrected chi connectivity index (χ2v) is 5.33. The zero-order chi connectivity index (χ0) is 12.8. The van der Waals surface area contributed by atoms with E-state index in [4.69, 9.17) is 9.84 Å². The molecular weight excluding hydrogens is 230 g/mol. The quantitative estimate of drug-likeness (QED) is 0.825. The SMILES string of the molecule is Cc1nc2c(cc1C(=O)O)CCC21CCOCC1. The lowest BCUT2D eigenvalue weighted by molar-refractivity contribution is 0.0492. The van der Waals surface area contributed by atoms with E-state index < -0.39 is 5.97 Å². The molecular formula is C14H17NO3. The summed E-state index contributed by atoms with van der Waals surface area (Å²) in [6.45, 7) is 3.37. The fraction of sp³-hybridized carbons (Fsp3) is 0.571. The van der Waals surface area contributed by atoms with E-state index in [1.54, 1.807) is 6.92 Å². The lowest BCUT2D eigenvalue weighted by atomic mass is 9.78. The highest BCUT2D eigenvalue weighted by Gasteiger charge is 2.41. The van der Waals surface area contributed by atoms with E-state index >= 15 is 0 Å². The number of hydrogen-bond acceptors (Lipinski definition) is 3. The number of carboxylic acid groups (broad SMARTS) is 1. The van der Waals surface area contributed by atoms with Crippen molar-refractivity contribution in [2.75, 3.05) is 13.2 Å². The molecule has 0 saturated carbocycles. The molecule has 96 valence electrons. The first-order valence-corrected chi connectivity index (χ1v) is 6.44. The molecule has 3 rings (SSSR count). The number of hydrogen-bond donors (Lipinski definition) is 1. The van der Waals surface area contributed by atoms with Crippen LogP contribution >= 0.6 is 0 Å². The number of aromatic nitrogens is 1. The largest absolute Gasteiger partial charge is 0.478 e. The van der Waals surface area contributed by atoms with Crippen LogP contribution in [0.2, 0.25) is 0 Å². The van der Waals surface area contributed by atoms with Gasteiger partial charge in [0.25, 0.3) is 0 Å². The molecule has 2 aliphatic rings. The number of carboxylic acids is 1. The Balaban J connectivity index is 2.07. The Morgan fingerprint density at radius 1 is 1.39 bits per heavy atom. The standard InChI is InChI=1S/C14H17NO3/c1-9-11(13(16)17)8-10-2-3-14(12(10)15-9)4-6-18-7-5-14/h8H,2-7H2,1H3,(H,16,17). The molecule has 0 radical (unpaired) electrons. The van der Waals surface area contributed by atoms with Crippen LogP contribution in [0.3, 0.4) is 0 Å². The third kappa shape index (κ3) is 1.63. The molecule has 1 aliphatic heterocycles. The second kappa shape index (κ2) is 4.05. The summed E-state index contributed by atoms with van der Waals surface area (Å²) in [7, 11) is 0. The van der Waals surface area contributed by atoms with Crippen molar-refractivity contribution in [3.8, 4) is 0 Å². The highest BCUT2D eigenvalue weighted by molar-refractivity contribution is 5.89. The maximum absolute atomic E-state index is 11.1. The van der Waals surface area contributed by atoms with Crippen LogP contribution < -0.4 is 0 Å². The van der Waals surface area contributed by atoms with Gasteiger partial charge in [-0.3, -0.25) is 4.98 Å². The minimum atomic E-state index is -0.879. The Bertz CT molecular complexity index is 504. The zero-order valence-electron chi connectivity index (χ0n) is 10.5. The van der Waals surface area contributed by atoms with Crippen LogP contribution in [-0.4, -0.2) is 29.3 Å². The molecule has 2 heterocycles. The summed E-state index contributed by atoms with van der Waals surface area (Å²) in [5.41, 5.74) is 3.38. The minimum absolute atomic E-state index is 0.148. The Labute approximate surface area is 106 Å². The van der Waals surface area contributed by atoms with Gasteiger partial charge in [-0.25, -0.2) is 4.79 Å². The average molecular weight is 247 g/mol. The topological polar surface area (TPSA) is 59.4 Å². The molecule has 1 saturated heterocycles. The fourth-order valence-corrected chi connectivity index (χ4v) is 3.25. The van der Waals surface area contributed by atoms with Crippen LogP contribution in [0.15, 0.2) is 6.07 Å². The maximum Gasteiger partial charge on any atom is 0.337 e. The normalized spacial score (nSPS) is 20.9. The average Bonchev–Trinajstić information content (AvgIpc) is 2.68. The summed E-state index contributed by atoms with van der Waals surface area (Å²) in [5.74, 6) is -0.879. The van der Waals surface area contributed by atoms with Crippen molar-refractivity contribution in [3.63, 3.8) is 0 Å². The van der Waals surface area contributed by atoms with E-state index in [1.165, 1.54) is 0 Å². The van der Waals surface area contributed by atoms with Crippen LogP contribution in [0, 0.1) is 6.92 Å². The van der Waals surface area contributed by atoms with Gasteiger partial charge in [-0.1, -0.05) is 0 Å². The summed E-state index contributed by atoms with van der Waals surface area (Å²) in [4.78, 5) is 15.7. The first kappa shape index (κ1) is 11.7. The molecule has 18 heavy (non-hydrogen) atoms. The van der Waals surface area contributed by atoms with Gasteiger partial charge in [0.05, 0.1) is 17.0 Å². The van der Waals surface area contributed by atoms with Crippen molar-refractivity contribution in [2.24, 2.45) is 0 Å². The number of rotatable bonds is 1. The van der Waals surface area contributed by atoms with Crippen molar-refractivity contribution in [1.29, 1.82) is 0 Å². The Hall–Kier alpha value is -1.42. The highest BCUT2D eigenvalue weighted by atomic mass is 16.5. The van der Waals surface area contributed by atoms with E-state index in [1.807, 2.05) is 6.07 Å². The van der Waals surface area contributed by atoms with Crippen molar-refractivity contribution in [3.05, 3.63) is 28.6 Å². The molecule has 1 N–H and O–H groups in total. The lowest BCUT2D eigenvalue weighted by Crippen LogP contribution is -2.32. The van der Waals surface area contributed by atoms with Gasteiger partial charge in [-0.15, -0.1) is 0 Å². The van der Waals surface area contributed by atoms with Gasteiger partial charge in [-0.05, 0) is 44.2 Å². The predicted octanol–water partition coefficient (Wildman–Crippen LogP) is 2.08. The summed E-state index contributed by atoms with van der Waals surface area (Å²) < 4.78 is 5.44. The summed E-state index contributed by atoms with van der Waals surface area (Å²) >= 11 is 0. The summed E-state index contributed by atoms with van der Waals surface area (Å²) in [6.07, 6.45) is 4.06. The Kier molecular flexibility index (Phi) is 2.63. The fourth-order valence-electron chi connectivity index (χ4n) is 3.25. The molecule has 4 heteroatoms. The molecule has 1 aliphatic carbocycles. The van der Waals surface area contributed by atoms with Gasteiger partial charge in [0, 0.05) is 18.6 Å². The third-order valence-electron chi connectivity index (χ3n) is 4.35.